The van der Waals surface area contributed by atoms with E-state index < -0.39 is 5.41 Å². The fourth-order valence-electron chi connectivity index (χ4n) is 16.2. The van der Waals surface area contributed by atoms with Crippen LogP contribution in [0.15, 0.2) is 401 Å². The van der Waals surface area contributed by atoms with Crippen LogP contribution in [0, 0.1) is 13.8 Å². The van der Waals surface area contributed by atoms with Crippen molar-refractivity contribution >= 4 is 43.1 Å². The number of aryl methyl sites for hydroxylation is 2. The van der Waals surface area contributed by atoms with E-state index in [1.54, 1.807) is 24.8 Å². The summed E-state index contributed by atoms with van der Waals surface area (Å²) in [5, 5.41) is 10.3. The third kappa shape index (κ3) is 11.6. The van der Waals surface area contributed by atoms with Crippen LogP contribution in [0.3, 0.4) is 0 Å². The highest BCUT2D eigenvalue weighted by Gasteiger charge is 2.49. The van der Waals surface area contributed by atoms with Gasteiger partial charge in [-0.25, -0.2) is 0 Å². The fraction of sp³-hybridized carbons (Fsp3) is 0.0400. The van der Waals surface area contributed by atoms with Gasteiger partial charge in [0.05, 0.1) is 33.6 Å². The third-order valence-corrected chi connectivity index (χ3v) is 20.8. The van der Waals surface area contributed by atoms with Gasteiger partial charge in [-0.2, -0.15) is 0 Å². The number of benzene rings is 14. The highest BCUT2D eigenvalue weighted by atomic mass is 14.8. The summed E-state index contributed by atoms with van der Waals surface area (Å²) in [6.45, 7) is 4.45. The van der Waals surface area contributed by atoms with Gasteiger partial charge in [0.2, 0.25) is 0 Å². The second-order valence-electron chi connectivity index (χ2n) is 26.8. The molecule has 4 aromatic heterocycles. The van der Waals surface area contributed by atoms with E-state index in [0.717, 1.165) is 22.8 Å². The minimum atomic E-state index is -0.518. The van der Waals surface area contributed by atoms with E-state index in [1.165, 1.54) is 143 Å². The summed E-state index contributed by atoms with van der Waals surface area (Å²) in [6, 6.07) is 136. The maximum atomic E-state index is 4.19. The van der Waals surface area contributed by atoms with Crippen LogP contribution in [0.2, 0.25) is 0 Å². The van der Waals surface area contributed by atoms with Gasteiger partial charge in [0.15, 0.2) is 0 Å². The molecule has 4 nitrogen and oxygen atoms in total. The first kappa shape index (κ1) is 64.1. The smallest absolute Gasteiger partial charge is 0.0886 e. The summed E-state index contributed by atoms with van der Waals surface area (Å²) in [7, 11) is 0. The molecule has 4 heterocycles. The first-order chi connectivity index (χ1) is 51.4. The van der Waals surface area contributed by atoms with Crippen molar-refractivity contribution in [3.05, 3.63) is 457 Å². The van der Waals surface area contributed by atoms with Crippen molar-refractivity contribution in [2.75, 3.05) is 0 Å². The fourth-order valence-corrected chi connectivity index (χ4v) is 16.2. The SMILES string of the molecule is Cc1ccc2c(c1)C(c1ccccc1)(c1ccccc1)c1cc(C)c3ccccc3c1-2.c1ccc(-c2ccccn2)nc1.c1ccc(-c2ccccn2)nc1.c1ccc(C2(c3ccccc3)c3cc(-c4ccc5ccccc5c4)ccc3-c3c2cc(-c2ccc4ccccc4c2)c2ccccc32)cc1. The molecule has 0 saturated carbocycles. The Hall–Kier alpha value is -13.3. The van der Waals surface area contributed by atoms with Crippen LogP contribution >= 0.6 is 0 Å². The predicted octanol–water partition coefficient (Wildman–Crippen LogP) is 25.0. The van der Waals surface area contributed by atoms with Crippen molar-refractivity contribution in [2.45, 2.75) is 24.7 Å². The Morgan fingerprint density at radius 2 is 0.548 bits per heavy atom. The van der Waals surface area contributed by atoms with E-state index in [4.69, 9.17) is 0 Å². The van der Waals surface area contributed by atoms with Crippen molar-refractivity contribution in [2.24, 2.45) is 0 Å². The van der Waals surface area contributed by atoms with Crippen molar-refractivity contribution < 1.29 is 0 Å². The van der Waals surface area contributed by atoms with Crippen LogP contribution in [0.25, 0.3) is 110 Å². The molecule has 0 amide bonds. The Bertz CT molecular complexity index is 5860. The molecular formula is C100H72N4. The topological polar surface area (TPSA) is 51.6 Å². The lowest BCUT2D eigenvalue weighted by Crippen LogP contribution is -2.28. The average molecular weight is 1330 g/mol. The first-order valence-corrected chi connectivity index (χ1v) is 35.6. The summed E-state index contributed by atoms with van der Waals surface area (Å²) in [5.74, 6) is 0. The Morgan fingerprint density at radius 1 is 0.212 bits per heavy atom. The molecular weight excluding hydrogens is 1260 g/mol. The molecule has 20 rings (SSSR count). The lowest BCUT2D eigenvalue weighted by Gasteiger charge is -2.34. The molecule has 0 saturated heterocycles. The molecule has 4 heteroatoms. The van der Waals surface area contributed by atoms with Crippen LogP contribution in [-0.4, -0.2) is 19.9 Å². The van der Waals surface area contributed by atoms with Crippen LogP contribution in [0.1, 0.15) is 55.6 Å². The van der Waals surface area contributed by atoms with Crippen molar-refractivity contribution in [3.8, 4) is 67.3 Å². The predicted molar refractivity (Wildman–Crippen MR) is 433 cm³/mol. The minimum Gasteiger partial charge on any atom is -0.255 e. The van der Waals surface area contributed by atoms with E-state index in [-0.39, 0.29) is 5.41 Å². The number of hydrogen-bond donors (Lipinski definition) is 0. The van der Waals surface area contributed by atoms with Crippen LogP contribution in [0.4, 0.5) is 0 Å². The Labute approximate surface area is 607 Å². The van der Waals surface area contributed by atoms with Gasteiger partial charge in [0.1, 0.15) is 0 Å². The zero-order valence-corrected chi connectivity index (χ0v) is 57.9. The summed E-state index contributed by atoms with van der Waals surface area (Å²) in [4.78, 5) is 16.7. The van der Waals surface area contributed by atoms with Crippen LogP contribution in [-0.2, 0) is 10.8 Å². The molecule has 0 fully saturated rings. The number of hydrogen-bond acceptors (Lipinski definition) is 4. The Balaban J connectivity index is 0.000000122. The molecule has 0 unspecified atom stereocenters. The lowest BCUT2D eigenvalue weighted by molar-refractivity contribution is 0.767. The monoisotopic (exact) mass is 1330 g/mol. The molecule has 14 aromatic carbocycles. The molecule has 0 N–H and O–H groups in total. The number of nitrogens with zero attached hydrogens (tertiary/aromatic N) is 4. The van der Waals surface area contributed by atoms with Crippen LogP contribution in [0.5, 0.6) is 0 Å². The highest BCUT2D eigenvalue weighted by molar-refractivity contribution is 6.11. The molecule has 2 aliphatic carbocycles. The van der Waals surface area contributed by atoms with Gasteiger partial charge >= 0.3 is 0 Å². The van der Waals surface area contributed by atoms with Gasteiger partial charge in [0.25, 0.3) is 0 Å². The number of pyridine rings is 4. The van der Waals surface area contributed by atoms with Gasteiger partial charge in [-0.1, -0.05) is 309 Å². The maximum Gasteiger partial charge on any atom is 0.0886 e. The standard InChI is InChI=1S/C49H32.C31H24.2C10H8N2/c1-3-17-40(18-4-1)49(41-19-5-2-6-20-41)46-31-38(37-25-23-33-13-7-9-15-35(33)29-37)27-28-44(46)48-43-22-12-11-21-42(43)45(32-47(48)49)39-26-24-34-14-8-10-16-36(34)30-39;1-21-17-18-27-28(19-21)31(23-11-5-3-6-12-23,24-13-7-4-8-14-24)29-20-22(2)25-15-9-10-16-26(25)30(27)29;2*1-3-7-11-9(5-1)10-6-2-4-8-12-10/h1-32H;3-20H,1-2H3;2*1-8H. The summed E-state index contributed by atoms with van der Waals surface area (Å²) in [6.07, 6.45) is 7.07. The lowest BCUT2D eigenvalue weighted by atomic mass is 9.67. The summed E-state index contributed by atoms with van der Waals surface area (Å²) >= 11 is 0. The minimum absolute atomic E-state index is 0.325. The first-order valence-electron chi connectivity index (χ1n) is 35.6. The molecule has 0 spiro atoms. The van der Waals surface area contributed by atoms with E-state index in [9.17, 15) is 0 Å². The van der Waals surface area contributed by atoms with Gasteiger partial charge in [-0.15, -0.1) is 0 Å². The van der Waals surface area contributed by atoms with Gasteiger partial charge < -0.3 is 0 Å². The van der Waals surface area contributed by atoms with Crippen molar-refractivity contribution in [3.63, 3.8) is 0 Å². The van der Waals surface area contributed by atoms with Crippen LogP contribution < -0.4 is 0 Å². The second kappa shape index (κ2) is 28.0. The quantitative estimate of drug-likeness (QED) is 0.152. The van der Waals surface area contributed by atoms with Crippen molar-refractivity contribution in [1.29, 1.82) is 0 Å². The average Bonchev–Trinajstić information content (AvgIpc) is 1.51. The molecule has 0 aliphatic heterocycles. The zero-order valence-electron chi connectivity index (χ0n) is 57.9. The van der Waals surface area contributed by atoms with Gasteiger partial charge in [0, 0.05) is 24.8 Å². The molecule has 18 aromatic rings. The normalized spacial score (nSPS) is 12.5. The molecule has 0 radical (unpaired) electrons. The summed E-state index contributed by atoms with van der Waals surface area (Å²) in [5.41, 5.74) is 26.4. The van der Waals surface area contributed by atoms with E-state index in [0.29, 0.717) is 0 Å². The maximum absolute atomic E-state index is 4.19. The second-order valence-corrected chi connectivity index (χ2v) is 26.8. The van der Waals surface area contributed by atoms with Gasteiger partial charge in [-0.3, -0.25) is 19.9 Å². The number of fused-ring (bicyclic) bond motifs is 12. The highest BCUT2D eigenvalue weighted by Crippen LogP contribution is 2.61. The molecule has 0 atom stereocenters. The Kier molecular flexibility index (Phi) is 17.3. The molecule has 2 aliphatic rings. The molecule has 492 valence electrons. The van der Waals surface area contributed by atoms with E-state index >= 15 is 0 Å². The number of rotatable bonds is 8. The number of aromatic nitrogens is 4. The largest absolute Gasteiger partial charge is 0.255 e. The third-order valence-electron chi connectivity index (χ3n) is 20.8. The van der Waals surface area contributed by atoms with Gasteiger partial charge in [-0.05, 0) is 224 Å². The van der Waals surface area contributed by atoms with Crippen molar-refractivity contribution in [1.82, 2.24) is 19.9 Å². The van der Waals surface area contributed by atoms with E-state index in [1.807, 2.05) is 72.8 Å². The zero-order chi connectivity index (χ0) is 69.8. The van der Waals surface area contributed by atoms with E-state index in [2.05, 4.69) is 337 Å². The summed E-state index contributed by atoms with van der Waals surface area (Å²) < 4.78 is 0. The molecule has 0 bridgehead atoms. The Morgan fingerprint density at radius 3 is 1.00 bits per heavy atom. The molecule has 104 heavy (non-hydrogen) atoms.